The van der Waals surface area contributed by atoms with Crippen molar-refractivity contribution in [1.82, 2.24) is 15.0 Å². The molecule has 0 unspecified atom stereocenters. The molecular weight excluding hydrogens is 436 g/mol. The lowest BCUT2D eigenvalue weighted by Crippen LogP contribution is -2.02. The Hall–Kier alpha value is -4.48. The van der Waals surface area contributed by atoms with Crippen LogP contribution in [0, 0.1) is 11.3 Å². The summed E-state index contributed by atoms with van der Waals surface area (Å²) in [7, 11) is -3.82. The first-order valence-corrected chi connectivity index (χ1v) is 11.5. The molecule has 0 atom stereocenters. The number of nitrogens with one attached hydrogen (secondary N) is 1. The smallest absolute Gasteiger partial charge is 0.206 e. The number of fused-ring (bicyclic) bond motifs is 1. The summed E-state index contributed by atoms with van der Waals surface area (Å²) in [5, 5.41) is 9.44. The van der Waals surface area contributed by atoms with Crippen molar-refractivity contribution >= 4 is 20.9 Å². The molecule has 0 aliphatic rings. The second-order valence-corrected chi connectivity index (χ2v) is 9.09. The number of pyridine rings is 1. The summed E-state index contributed by atoms with van der Waals surface area (Å²) < 4.78 is 32.7. The lowest BCUT2D eigenvalue weighted by atomic mass is 10.2. The van der Waals surface area contributed by atoms with Crippen LogP contribution in [0.15, 0.2) is 101 Å². The summed E-state index contributed by atoms with van der Waals surface area (Å²) in [6, 6.07) is 25.4. The highest BCUT2D eigenvalue weighted by molar-refractivity contribution is 7.91. The molecule has 33 heavy (non-hydrogen) atoms. The number of ether oxygens (including phenoxy) is 1. The quantitative estimate of drug-likeness (QED) is 0.396. The van der Waals surface area contributed by atoms with E-state index in [4.69, 9.17) is 4.74 Å². The minimum absolute atomic E-state index is 0.0434. The highest BCUT2D eigenvalue weighted by Gasteiger charge is 2.22. The molecule has 0 bridgehead atoms. The molecular formula is C25H16N4O3S. The van der Waals surface area contributed by atoms with E-state index in [2.05, 4.69) is 21.0 Å². The molecule has 1 N–H and O–H groups in total. The summed E-state index contributed by atoms with van der Waals surface area (Å²) in [6.07, 6.45) is 1.65. The van der Waals surface area contributed by atoms with E-state index in [0.29, 0.717) is 33.9 Å². The molecule has 8 heteroatoms. The number of imidazole rings is 1. The third kappa shape index (κ3) is 3.82. The van der Waals surface area contributed by atoms with Gasteiger partial charge < -0.3 is 9.72 Å². The van der Waals surface area contributed by atoms with Crippen LogP contribution >= 0.6 is 0 Å². The average molecular weight is 452 g/mol. The van der Waals surface area contributed by atoms with Crippen LogP contribution in [0.5, 0.6) is 11.5 Å². The number of hydrogen-bond acceptors (Lipinski definition) is 6. The summed E-state index contributed by atoms with van der Waals surface area (Å²) >= 11 is 0. The second kappa shape index (κ2) is 8.22. The Labute approximate surface area is 189 Å². The van der Waals surface area contributed by atoms with E-state index in [-0.39, 0.29) is 15.5 Å². The first-order chi connectivity index (χ1) is 16.1. The Kier molecular flexibility index (Phi) is 5.09. The van der Waals surface area contributed by atoms with E-state index in [9.17, 15) is 13.7 Å². The third-order valence-electron chi connectivity index (χ3n) is 5.02. The van der Waals surface area contributed by atoms with Gasteiger partial charge in [0.05, 0.1) is 20.9 Å². The molecule has 160 valence electrons. The zero-order valence-corrected chi connectivity index (χ0v) is 18.0. The average Bonchev–Trinajstić information content (AvgIpc) is 3.30. The highest BCUT2D eigenvalue weighted by Crippen LogP contribution is 2.36. The van der Waals surface area contributed by atoms with Gasteiger partial charge in [-0.3, -0.25) is 4.98 Å². The normalized spacial score (nSPS) is 11.2. The summed E-state index contributed by atoms with van der Waals surface area (Å²) in [5.41, 5.74) is 1.82. The number of nitriles is 1. The van der Waals surface area contributed by atoms with E-state index < -0.39 is 9.84 Å². The molecule has 3 aromatic carbocycles. The molecule has 0 amide bonds. The molecule has 2 aromatic heterocycles. The molecule has 7 nitrogen and oxygen atoms in total. The van der Waals surface area contributed by atoms with Gasteiger partial charge in [-0.2, -0.15) is 5.26 Å². The van der Waals surface area contributed by atoms with Crippen molar-refractivity contribution in [2.75, 3.05) is 0 Å². The van der Waals surface area contributed by atoms with Crippen LogP contribution in [0.3, 0.4) is 0 Å². The Morgan fingerprint density at radius 3 is 2.36 bits per heavy atom. The van der Waals surface area contributed by atoms with Gasteiger partial charge in [-0.1, -0.05) is 36.4 Å². The fourth-order valence-corrected chi connectivity index (χ4v) is 4.74. The predicted octanol–water partition coefficient (Wildman–Crippen LogP) is 5.12. The fraction of sp³-hybridized carbons (Fsp3) is 0. The van der Waals surface area contributed by atoms with Gasteiger partial charge in [0.15, 0.2) is 11.6 Å². The number of rotatable bonds is 5. The minimum atomic E-state index is -3.82. The van der Waals surface area contributed by atoms with Gasteiger partial charge in [-0.05, 0) is 42.5 Å². The third-order valence-corrected chi connectivity index (χ3v) is 6.77. The van der Waals surface area contributed by atoms with Gasteiger partial charge in [0.1, 0.15) is 23.0 Å². The number of para-hydroxylation sites is 1. The SMILES string of the molecule is N#Cc1ccccc1Oc1cc(S(=O)(=O)c2ccccc2)cc2[nH]c(-c3ccccn3)nc12. The van der Waals surface area contributed by atoms with Crippen molar-refractivity contribution in [2.24, 2.45) is 0 Å². The van der Waals surface area contributed by atoms with E-state index in [1.165, 1.54) is 24.3 Å². The van der Waals surface area contributed by atoms with Gasteiger partial charge in [0.25, 0.3) is 0 Å². The summed E-state index contributed by atoms with van der Waals surface area (Å²) in [4.78, 5) is 12.3. The molecule has 2 heterocycles. The molecule has 5 rings (SSSR count). The maximum Gasteiger partial charge on any atom is 0.206 e. The lowest BCUT2D eigenvalue weighted by Gasteiger charge is -2.11. The number of benzene rings is 3. The fourth-order valence-electron chi connectivity index (χ4n) is 3.42. The van der Waals surface area contributed by atoms with Crippen LogP contribution < -0.4 is 4.74 Å². The molecule has 0 saturated heterocycles. The number of aromatic amines is 1. The zero-order valence-electron chi connectivity index (χ0n) is 17.1. The molecule has 0 saturated carbocycles. The van der Waals surface area contributed by atoms with E-state index in [1.807, 2.05) is 6.07 Å². The van der Waals surface area contributed by atoms with E-state index >= 15 is 0 Å². The monoisotopic (exact) mass is 452 g/mol. The number of aromatic nitrogens is 3. The molecule has 0 aliphatic heterocycles. The van der Waals surface area contributed by atoms with Crippen molar-refractivity contribution in [3.8, 4) is 29.1 Å². The Morgan fingerprint density at radius 2 is 1.61 bits per heavy atom. The van der Waals surface area contributed by atoms with Crippen LogP contribution in [0.4, 0.5) is 0 Å². The Morgan fingerprint density at radius 1 is 0.848 bits per heavy atom. The van der Waals surface area contributed by atoms with Crippen LogP contribution in [-0.2, 0) is 9.84 Å². The highest BCUT2D eigenvalue weighted by atomic mass is 32.2. The topological polar surface area (TPSA) is 109 Å². The van der Waals surface area contributed by atoms with Crippen LogP contribution in [0.25, 0.3) is 22.6 Å². The summed E-state index contributed by atoms with van der Waals surface area (Å²) in [5.74, 6) is 0.986. The molecule has 0 spiro atoms. The largest absolute Gasteiger partial charge is 0.454 e. The predicted molar refractivity (Wildman–Crippen MR) is 122 cm³/mol. The molecule has 0 aliphatic carbocycles. The number of sulfone groups is 1. The van der Waals surface area contributed by atoms with Gasteiger partial charge in [0.2, 0.25) is 9.84 Å². The van der Waals surface area contributed by atoms with Crippen LogP contribution in [-0.4, -0.2) is 23.4 Å². The molecule has 0 radical (unpaired) electrons. The van der Waals surface area contributed by atoms with Gasteiger partial charge in [-0.25, -0.2) is 13.4 Å². The first kappa shape index (κ1) is 20.4. The van der Waals surface area contributed by atoms with Gasteiger partial charge in [0, 0.05) is 12.3 Å². The maximum absolute atomic E-state index is 13.3. The number of nitrogens with zero attached hydrogens (tertiary/aromatic N) is 3. The van der Waals surface area contributed by atoms with Crippen LogP contribution in [0.2, 0.25) is 0 Å². The van der Waals surface area contributed by atoms with E-state index in [1.54, 1.807) is 60.8 Å². The first-order valence-electron chi connectivity index (χ1n) is 9.98. The Balaban J connectivity index is 1.72. The van der Waals surface area contributed by atoms with Crippen molar-refractivity contribution in [3.63, 3.8) is 0 Å². The van der Waals surface area contributed by atoms with Crippen molar-refractivity contribution in [3.05, 3.63) is 96.7 Å². The van der Waals surface area contributed by atoms with Crippen LogP contribution in [0.1, 0.15) is 5.56 Å². The number of H-pyrrole nitrogens is 1. The van der Waals surface area contributed by atoms with Crippen molar-refractivity contribution in [2.45, 2.75) is 9.79 Å². The maximum atomic E-state index is 13.3. The molecule has 0 fully saturated rings. The van der Waals surface area contributed by atoms with E-state index in [0.717, 1.165) is 0 Å². The lowest BCUT2D eigenvalue weighted by molar-refractivity contribution is 0.484. The Bertz CT molecular complexity index is 1610. The standard InChI is InChI=1S/C25H16N4O3S/c26-16-17-8-4-5-12-22(17)32-23-15-19(33(30,31)18-9-2-1-3-10-18)14-21-24(23)29-25(28-21)20-11-6-7-13-27-20/h1-15H,(H,28,29). The van der Waals surface area contributed by atoms with Gasteiger partial charge in [-0.15, -0.1) is 0 Å². The van der Waals surface area contributed by atoms with Crippen molar-refractivity contribution in [1.29, 1.82) is 5.26 Å². The number of hydrogen-bond donors (Lipinski definition) is 1. The minimum Gasteiger partial charge on any atom is -0.454 e. The van der Waals surface area contributed by atoms with Gasteiger partial charge >= 0.3 is 0 Å². The van der Waals surface area contributed by atoms with Crippen molar-refractivity contribution < 1.29 is 13.2 Å². The zero-order chi connectivity index (χ0) is 22.8. The summed E-state index contributed by atoms with van der Waals surface area (Å²) in [6.45, 7) is 0. The second-order valence-electron chi connectivity index (χ2n) is 7.14. The molecule has 5 aromatic rings.